The van der Waals surface area contributed by atoms with Crippen LogP contribution in [0, 0.1) is 0 Å². The SMILES string of the molecule is CC1(C)c2ccccc2-c2cccc(-n3c4ccccc4c4c5c6cc7c8c9c%10ccccc%10n(-c%10cccc%11c%10C(C)(C)c%10ccccc%10-%11)c9cc9c%10ccccc%10n(c7cc6n6c7ccccc7c(cc43)c56)c98)c21. The summed E-state index contributed by atoms with van der Waals surface area (Å²) in [5.74, 6) is 0. The molecule has 0 unspecified atom stereocenters. The quantitative estimate of drug-likeness (QED) is 0.164. The van der Waals surface area contributed by atoms with Gasteiger partial charge in [0.1, 0.15) is 0 Å². The van der Waals surface area contributed by atoms with E-state index in [4.69, 9.17) is 0 Å². The van der Waals surface area contributed by atoms with Gasteiger partial charge in [0.2, 0.25) is 0 Å². The molecule has 0 atom stereocenters. The molecule has 0 bridgehead atoms. The van der Waals surface area contributed by atoms with Crippen molar-refractivity contribution in [1.29, 1.82) is 0 Å². The van der Waals surface area contributed by atoms with Crippen LogP contribution in [0.4, 0.5) is 0 Å². The second kappa shape index (κ2) is 13.1. The fraction of sp³-hybridized carbons (Fsp3) is 0.0833. The van der Waals surface area contributed by atoms with E-state index in [1.807, 2.05) is 0 Å². The lowest BCUT2D eigenvalue weighted by Gasteiger charge is -2.25. The first-order valence-corrected chi connectivity index (χ1v) is 26.9. The molecule has 17 aromatic rings. The summed E-state index contributed by atoms with van der Waals surface area (Å²) < 4.78 is 10.4. The first kappa shape index (κ1) is 40.1. The second-order valence-electron chi connectivity index (χ2n) is 23.1. The summed E-state index contributed by atoms with van der Waals surface area (Å²) in [6.07, 6.45) is 0. The fourth-order valence-electron chi connectivity index (χ4n) is 16.0. The maximum atomic E-state index is 2.61. The van der Waals surface area contributed by atoms with E-state index in [0.717, 1.165) is 0 Å². The van der Waals surface area contributed by atoms with Crippen LogP contribution < -0.4 is 0 Å². The number of fused-ring (bicyclic) bond motifs is 26. The van der Waals surface area contributed by atoms with Crippen LogP contribution in [0.1, 0.15) is 49.9 Å². The van der Waals surface area contributed by atoms with Crippen molar-refractivity contribution in [2.45, 2.75) is 38.5 Å². The van der Waals surface area contributed by atoms with Crippen LogP contribution in [0.3, 0.4) is 0 Å². The Morgan fingerprint density at radius 3 is 1.11 bits per heavy atom. The molecule has 354 valence electrons. The van der Waals surface area contributed by atoms with Gasteiger partial charge < -0.3 is 17.9 Å². The second-order valence-corrected chi connectivity index (χ2v) is 23.1. The van der Waals surface area contributed by atoms with Gasteiger partial charge in [-0.25, -0.2) is 0 Å². The Morgan fingerprint density at radius 1 is 0.263 bits per heavy atom. The van der Waals surface area contributed by atoms with E-state index in [1.165, 1.54) is 176 Å². The van der Waals surface area contributed by atoms with Gasteiger partial charge in [0.25, 0.3) is 0 Å². The third-order valence-electron chi connectivity index (χ3n) is 18.9. The molecule has 76 heavy (non-hydrogen) atoms. The van der Waals surface area contributed by atoms with Gasteiger partial charge in [-0.3, -0.25) is 0 Å². The van der Waals surface area contributed by atoms with E-state index < -0.39 is 0 Å². The van der Waals surface area contributed by atoms with Crippen LogP contribution in [0.5, 0.6) is 0 Å². The van der Waals surface area contributed by atoms with Crippen molar-refractivity contribution in [2.75, 3.05) is 0 Å². The Balaban J connectivity index is 1.01. The predicted molar refractivity (Wildman–Crippen MR) is 320 cm³/mol. The lowest BCUT2D eigenvalue weighted by Crippen LogP contribution is -2.18. The molecule has 6 heterocycles. The zero-order valence-corrected chi connectivity index (χ0v) is 42.4. The molecular weight excluding hydrogens is 921 g/mol. The van der Waals surface area contributed by atoms with Crippen LogP contribution in [0.2, 0.25) is 0 Å². The van der Waals surface area contributed by atoms with E-state index in [2.05, 4.69) is 252 Å². The van der Waals surface area contributed by atoms with Crippen LogP contribution in [-0.2, 0) is 10.8 Å². The molecule has 0 amide bonds. The highest BCUT2D eigenvalue weighted by atomic mass is 15.0. The van der Waals surface area contributed by atoms with Gasteiger partial charge in [-0.1, -0.05) is 173 Å². The minimum absolute atomic E-state index is 0.192. The monoisotopic (exact) mass is 966 g/mol. The van der Waals surface area contributed by atoms with Gasteiger partial charge in [-0.15, -0.1) is 0 Å². The summed E-state index contributed by atoms with van der Waals surface area (Å²) >= 11 is 0. The first-order valence-electron chi connectivity index (χ1n) is 26.9. The highest BCUT2D eigenvalue weighted by Crippen LogP contribution is 2.56. The number of para-hydroxylation sites is 4. The minimum atomic E-state index is -0.192. The number of hydrogen-bond donors (Lipinski definition) is 0. The van der Waals surface area contributed by atoms with Crippen molar-refractivity contribution in [3.05, 3.63) is 229 Å². The van der Waals surface area contributed by atoms with E-state index in [-0.39, 0.29) is 10.8 Å². The van der Waals surface area contributed by atoms with Crippen LogP contribution in [0.15, 0.2) is 206 Å². The lowest BCUT2D eigenvalue weighted by atomic mass is 9.81. The number of aromatic nitrogens is 4. The Labute approximate surface area is 436 Å². The summed E-state index contributed by atoms with van der Waals surface area (Å²) in [7, 11) is 0. The maximum Gasteiger partial charge on any atom is 0.0628 e. The minimum Gasteiger partial charge on any atom is -0.309 e. The van der Waals surface area contributed by atoms with Gasteiger partial charge >= 0.3 is 0 Å². The third-order valence-corrected chi connectivity index (χ3v) is 18.9. The van der Waals surface area contributed by atoms with Crippen molar-refractivity contribution >= 4 is 120 Å². The van der Waals surface area contributed by atoms with Gasteiger partial charge in [0, 0.05) is 75.5 Å². The molecule has 0 radical (unpaired) electrons. The normalized spacial score (nSPS) is 14.8. The van der Waals surface area contributed by atoms with Gasteiger partial charge in [0.05, 0.1) is 66.5 Å². The standard InChI is InChI=1S/C72H46N4/c1-71(2)51-27-11-5-19-39(51)43-25-17-33-57(67(43)71)73-55-31-15-9-23-45(55)63-61(73)36-47-41-21-7-13-29-53(41)75-59-38-60-50(35-49(59)65(63)69(47)75)66-64-46-24-10-16-32-56(46)74(62(64)37-48-42-22-8-14-30-54(42)76(60)70(48)66)58-34-18-26-44-40-20-6-12-28-52(40)72(3,4)68(44)58/h5-38H,1-4H3. The molecule has 2 aliphatic carbocycles. The summed E-state index contributed by atoms with van der Waals surface area (Å²) in [6.45, 7) is 9.66. The molecule has 6 aromatic heterocycles. The Hall–Kier alpha value is -9.38. The summed E-state index contributed by atoms with van der Waals surface area (Å²) in [5.41, 5.74) is 25.5. The third kappa shape index (κ3) is 4.37. The number of rotatable bonds is 2. The smallest absolute Gasteiger partial charge is 0.0628 e. The van der Waals surface area contributed by atoms with Crippen molar-refractivity contribution in [3.8, 4) is 33.6 Å². The largest absolute Gasteiger partial charge is 0.309 e. The van der Waals surface area contributed by atoms with E-state index in [1.54, 1.807) is 0 Å². The molecular formula is C72H46N4. The Kier molecular flexibility index (Phi) is 6.91. The van der Waals surface area contributed by atoms with Crippen LogP contribution in [-0.4, -0.2) is 17.9 Å². The van der Waals surface area contributed by atoms with E-state index in [9.17, 15) is 0 Å². The molecule has 0 aliphatic heterocycles. The molecule has 19 rings (SSSR count). The Bertz CT molecular complexity index is 5190. The molecule has 11 aromatic carbocycles. The average Bonchev–Trinajstić information content (AvgIpc) is 4.29. The van der Waals surface area contributed by atoms with E-state index >= 15 is 0 Å². The Morgan fingerprint density at radius 2 is 0.645 bits per heavy atom. The van der Waals surface area contributed by atoms with Gasteiger partial charge in [0.15, 0.2) is 0 Å². The summed E-state index contributed by atoms with van der Waals surface area (Å²) in [4.78, 5) is 0. The molecule has 0 N–H and O–H groups in total. The van der Waals surface area contributed by atoms with Gasteiger partial charge in [-0.2, -0.15) is 0 Å². The van der Waals surface area contributed by atoms with Crippen LogP contribution >= 0.6 is 0 Å². The molecule has 4 heteroatoms. The number of hydrogen-bond acceptors (Lipinski definition) is 0. The molecule has 0 fully saturated rings. The highest BCUT2D eigenvalue weighted by molar-refractivity contribution is 6.40. The molecule has 0 spiro atoms. The fourth-order valence-corrected chi connectivity index (χ4v) is 16.0. The molecule has 0 saturated carbocycles. The zero-order valence-electron chi connectivity index (χ0n) is 42.4. The number of nitrogens with zero attached hydrogens (tertiary/aromatic N) is 4. The van der Waals surface area contributed by atoms with Crippen molar-refractivity contribution < 1.29 is 0 Å². The predicted octanol–water partition coefficient (Wildman–Crippen LogP) is 18.8. The topological polar surface area (TPSA) is 18.7 Å². The summed E-state index contributed by atoms with van der Waals surface area (Å²) in [6, 6.07) is 78.8. The highest BCUT2D eigenvalue weighted by Gasteiger charge is 2.40. The maximum absolute atomic E-state index is 2.61. The average molecular weight is 967 g/mol. The molecule has 0 saturated heterocycles. The molecule has 4 nitrogen and oxygen atoms in total. The van der Waals surface area contributed by atoms with Crippen molar-refractivity contribution in [3.63, 3.8) is 0 Å². The summed E-state index contributed by atoms with van der Waals surface area (Å²) in [5, 5.41) is 15.5. The zero-order chi connectivity index (χ0) is 49.8. The van der Waals surface area contributed by atoms with Crippen molar-refractivity contribution in [2.24, 2.45) is 0 Å². The van der Waals surface area contributed by atoms with Gasteiger partial charge in [-0.05, 0) is 105 Å². The first-order chi connectivity index (χ1) is 37.3. The lowest BCUT2D eigenvalue weighted by molar-refractivity contribution is 0.656. The van der Waals surface area contributed by atoms with Crippen LogP contribution in [0.25, 0.3) is 153 Å². The molecule has 2 aliphatic rings. The van der Waals surface area contributed by atoms with E-state index in [0.29, 0.717) is 0 Å². The van der Waals surface area contributed by atoms with Crippen molar-refractivity contribution in [1.82, 2.24) is 17.9 Å². The number of benzene rings is 11.